The number of nitriles is 1. The van der Waals surface area contributed by atoms with Gasteiger partial charge in [-0.2, -0.15) is 5.26 Å². The summed E-state index contributed by atoms with van der Waals surface area (Å²) in [5.41, 5.74) is 4.04. The topological polar surface area (TPSA) is 65.8 Å². The third kappa shape index (κ3) is 4.07. The molecule has 6 heteroatoms. The van der Waals surface area contributed by atoms with E-state index in [2.05, 4.69) is 10.3 Å². The second kappa shape index (κ2) is 7.73. The van der Waals surface area contributed by atoms with E-state index in [0.717, 1.165) is 22.0 Å². The highest BCUT2D eigenvalue weighted by molar-refractivity contribution is 6.30. The van der Waals surface area contributed by atoms with Gasteiger partial charge in [-0.3, -0.25) is 4.79 Å². The van der Waals surface area contributed by atoms with Gasteiger partial charge >= 0.3 is 0 Å². The highest BCUT2D eigenvalue weighted by Crippen LogP contribution is 2.26. The van der Waals surface area contributed by atoms with Crippen LogP contribution < -0.4 is 5.32 Å². The van der Waals surface area contributed by atoms with Gasteiger partial charge in [0.2, 0.25) is 5.91 Å². The van der Waals surface area contributed by atoms with Crippen molar-refractivity contribution >= 4 is 34.1 Å². The van der Waals surface area contributed by atoms with Crippen molar-refractivity contribution in [3.8, 4) is 6.07 Å². The Kier molecular flexibility index (Phi) is 5.38. The minimum atomic E-state index is -0.946. The van der Waals surface area contributed by atoms with Gasteiger partial charge in [-0.25, -0.2) is 9.37 Å². The second-order valence-electron chi connectivity index (χ2n) is 6.40. The molecule has 0 saturated heterocycles. The first kappa shape index (κ1) is 18.8. The smallest absolute Gasteiger partial charge is 0.242 e. The van der Waals surface area contributed by atoms with Crippen LogP contribution in [0.2, 0.25) is 5.15 Å². The van der Waals surface area contributed by atoms with Crippen molar-refractivity contribution in [3.05, 3.63) is 70.1 Å². The van der Waals surface area contributed by atoms with E-state index in [1.165, 1.54) is 24.3 Å². The summed E-state index contributed by atoms with van der Waals surface area (Å²) >= 11 is 6.32. The third-order valence-electron chi connectivity index (χ3n) is 4.55. The van der Waals surface area contributed by atoms with Crippen LogP contribution in [0.3, 0.4) is 0 Å². The summed E-state index contributed by atoms with van der Waals surface area (Å²) in [6, 6.07) is 13.2. The summed E-state index contributed by atoms with van der Waals surface area (Å²) in [5.74, 6) is -1.82. The van der Waals surface area contributed by atoms with Gasteiger partial charge in [0.05, 0.1) is 11.6 Å². The molecule has 1 atom stereocenters. The zero-order valence-electron chi connectivity index (χ0n) is 14.9. The average molecular weight is 382 g/mol. The molecule has 1 amide bonds. The van der Waals surface area contributed by atoms with Gasteiger partial charge in [0, 0.05) is 17.5 Å². The van der Waals surface area contributed by atoms with Crippen LogP contribution in [0, 0.1) is 36.9 Å². The van der Waals surface area contributed by atoms with Crippen LogP contribution >= 0.6 is 11.6 Å². The molecule has 0 aliphatic carbocycles. The number of nitrogens with zero attached hydrogens (tertiary/aromatic N) is 2. The number of pyridine rings is 1. The molecule has 3 rings (SSSR count). The second-order valence-corrected chi connectivity index (χ2v) is 6.76. The number of carbonyl (C=O) groups excluding carboxylic acids is 1. The number of anilines is 1. The lowest BCUT2D eigenvalue weighted by molar-refractivity contribution is -0.118. The lowest BCUT2D eigenvalue weighted by atomic mass is 9.98. The maximum atomic E-state index is 13.0. The number of aromatic nitrogens is 1. The molecule has 0 bridgehead atoms. The van der Waals surface area contributed by atoms with Crippen LogP contribution in [0.5, 0.6) is 0 Å². The van der Waals surface area contributed by atoms with Crippen molar-refractivity contribution in [1.29, 1.82) is 5.26 Å². The van der Waals surface area contributed by atoms with Crippen LogP contribution in [0.15, 0.2) is 42.5 Å². The SMILES string of the molecule is Cc1ccc2cc(C[C@H](C#N)C(=O)Nc3ccc(F)cc3)c(Cl)nc2c1C. The molecule has 136 valence electrons. The van der Waals surface area contributed by atoms with E-state index in [4.69, 9.17) is 11.6 Å². The third-order valence-corrected chi connectivity index (χ3v) is 4.87. The number of nitrogens with one attached hydrogen (secondary N) is 1. The molecule has 0 aliphatic heterocycles. The lowest BCUT2D eigenvalue weighted by Crippen LogP contribution is -2.23. The van der Waals surface area contributed by atoms with E-state index in [1.807, 2.05) is 38.1 Å². The van der Waals surface area contributed by atoms with Gasteiger partial charge in [0.1, 0.15) is 16.9 Å². The number of aryl methyl sites for hydroxylation is 2. The first-order valence-electron chi connectivity index (χ1n) is 8.40. The molecule has 1 heterocycles. The summed E-state index contributed by atoms with van der Waals surface area (Å²) in [7, 11) is 0. The molecule has 0 unspecified atom stereocenters. The van der Waals surface area contributed by atoms with Crippen molar-refractivity contribution < 1.29 is 9.18 Å². The quantitative estimate of drug-likeness (QED) is 0.649. The molecular formula is C21H17ClFN3O. The number of hydrogen-bond acceptors (Lipinski definition) is 3. The van der Waals surface area contributed by atoms with E-state index in [9.17, 15) is 14.4 Å². The summed E-state index contributed by atoms with van der Waals surface area (Å²) in [6.07, 6.45) is 0.137. The molecule has 1 N–H and O–H groups in total. The van der Waals surface area contributed by atoms with Gasteiger partial charge in [-0.1, -0.05) is 23.7 Å². The molecule has 0 saturated carbocycles. The van der Waals surface area contributed by atoms with Crippen molar-refractivity contribution in [2.45, 2.75) is 20.3 Å². The molecule has 0 spiro atoms. The Morgan fingerprint density at radius 1 is 1.26 bits per heavy atom. The van der Waals surface area contributed by atoms with Gasteiger partial charge in [-0.05, 0) is 60.9 Å². The summed E-state index contributed by atoms with van der Waals surface area (Å²) in [6.45, 7) is 3.98. The summed E-state index contributed by atoms with van der Waals surface area (Å²) in [4.78, 5) is 16.9. The maximum absolute atomic E-state index is 13.0. The molecule has 1 aromatic heterocycles. The number of carbonyl (C=O) groups is 1. The molecule has 0 aliphatic rings. The number of benzene rings is 2. The van der Waals surface area contributed by atoms with E-state index >= 15 is 0 Å². The molecule has 3 aromatic rings. The normalized spacial score (nSPS) is 11.8. The zero-order chi connectivity index (χ0) is 19.6. The lowest BCUT2D eigenvalue weighted by Gasteiger charge is -2.13. The van der Waals surface area contributed by atoms with Gasteiger partial charge in [-0.15, -0.1) is 0 Å². The monoisotopic (exact) mass is 381 g/mol. The highest BCUT2D eigenvalue weighted by Gasteiger charge is 2.21. The van der Waals surface area contributed by atoms with Crippen LogP contribution in [-0.2, 0) is 11.2 Å². The van der Waals surface area contributed by atoms with Crippen LogP contribution in [0.1, 0.15) is 16.7 Å². The van der Waals surface area contributed by atoms with Gasteiger partial charge in [0.15, 0.2) is 0 Å². The predicted molar refractivity (Wildman–Crippen MR) is 104 cm³/mol. The van der Waals surface area contributed by atoms with E-state index in [0.29, 0.717) is 11.3 Å². The van der Waals surface area contributed by atoms with E-state index < -0.39 is 17.6 Å². The fraction of sp³-hybridized carbons (Fsp3) is 0.190. The van der Waals surface area contributed by atoms with Crippen LogP contribution in [0.4, 0.5) is 10.1 Å². The molecule has 2 aromatic carbocycles. The first-order valence-corrected chi connectivity index (χ1v) is 8.78. The van der Waals surface area contributed by atoms with Crippen molar-refractivity contribution in [1.82, 2.24) is 4.98 Å². The van der Waals surface area contributed by atoms with Crippen molar-refractivity contribution in [2.75, 3.05) is 5.32 Å². The molecule has 0 radical (unpaired) electrons. The van der Waals surface area contributed by atoms with E-state index in [1.54, 1.807) is 0 Å². The zero-order valence-corrected chi connectivity index (χ0v) is 15.6. The fourth-order valence-corrected chi connectivity index (χ4v) is 3.04. The first-order chi connectivity index (χ1) is 12.9. The summed E-state index contributed by atoms with van der Waals surface area (Å²) < 4.78 is 13.0. The minimum Gasteiger partial charge on any atom is -0.325 e. The largest absolute Gasteiger partial charge is 0.325 e. The average Bonchev–Trinajstić information content (AvgIpc) is 2.65. The molecule has 0 fully saturated rings. The Morgan fingerprint density at radius 2 is 1.96 bits per heavy atom. The highest BCUT2D eigenvalue weighted by atomic mass is 35.5. The predicted octanol–water partition coefficient (Wildman–Crippen LogP) is 4.97. The molecule has 27 heavy (non-hydrogen) atoms. The Bertz CT molecular complexity index is 1060. The van der Waals surface area contributed by atoms with Gasteiger partial charge < -0.3 is 5.32 Å². The number of hydrogen-bond donors (Lipinski definition) is 1. The Balaban J connectivity index is 1.84. The van der Waals surface area contributed by atoms with Crippen molar-refractivity contribution in [2.24, 2.45) is 5.92 Å². The number of fused-ring (bicyclic) bond motifs is 1. The number of halogens is 2. The molecular weight excluding hydrogens is 365 g/mol. The minimum absolute atomic E-state index is 0.137. The van der Waals surface area contributed by atoms with Crippen molar-refractivity contribution in [3.63, 3.8) is 0 Å². The standard InChI is InChI=1S/C21H17ClFN3O/c1-12-3-4-14-9-15(20(22)26-19(14)13(12)2)10-16(11-24)21(27)25-18-7-5-17(23)6-8-18/h3-9,16H,10H2,1-2H3,(H,25,27)/t16-/m1/s1. The summed E-state index contributed by atoms with van der Waals surface area (Å²) in [5, 5.41) is 13.2. The van der Waals surface area contributed by atoms with Gasteiger partial charge in [0.25, 0.3) is 0 Å². The number of amides is 1. The maximum Gasteiger partial charge on any atom is 0.242 e. The van der Waals surface area contributed by atoms with E-state index in [-0.39, 0.29) is 11.6 Å². The molecule has 4 nitrogen and oxygen atoms in total. The van der Waals surface area contributed by atoms with Crippen LogP contribution in [0.25, 0.3) is 10.9 Å². The Labute approximate surface area is 161 Å². The fourth-order valence-electron chi connectivity index (χ4n) is 2.83. The van der Waals surface area contributed by atoms with Crippen LogP contribution in [-0.4, -0.2) is 10.9 Å². The Hall–Kier alpha value is -2.97. The Morgan fingerprint density at radius 3 is 2.63 bits per heavy atom. The number of rotatable bonds is 4.